The third-order valence-electron chi connectivity index (χ3n) is 3.65. The van der Waals surface area contributed by atoms with Gasteiger partial charge in [0.25, 0.3) is 5.91 Å². The highest BCUT2D eigenvalue weighted by Gasteiger charge is 2.30. The van der Waals surface area contributed by atoms with Crippen molar-refractivity contribution in [2.75, 3.05) is 5.32 Å². The molecule has 1 heterocycles. The normalized spacial score (nSPS) is 11.2. The third-order valence-corrected chi connectivity index (χ3v) is 3.65. The average molecular weight is 412 g/mol. The van der Waals surface area contributed by atoms with Crippen molar-refractivity contribution in [3.05, 3.63) is 83.3 Å². The molecule has 1 amide bonds. The topological polar surface area (TPSA) is 51.2 Å². The molecule has 10 heteroatoms. The minimum absolute atomic E-state index is 0.244. The molecule has 0 bridgehead atoms. The number of anilines is 1. The largest absolute Gasteiger partial charge is 0.438 e. The Labute approximate surface area is 159 Å². The van der Waals surface area contributed by atoms with Gasteiger partial charge in [-0.1, -0.05) is 6.07 Å². The van der Waals surface area contributed by atoms with Crippen molar-refractivity contribution in [2.24, 2.45) is 0 Å². The fraction of sp³-hybridized carbons (Fsp3) is 0.0526. The molecule has 0 saturated heterocycles. The highest BCUT2D eigenvalue weighted by Crippen LogP contribution is 2.33. The van der Waals surface area contributed by atoms with Gasteiger partial charge < -0.3 is 10.1 Å². The smallest absolute Gasteiger partial charge is 0.416 e. The highest BCUT2D eigenvalue weighted by molar-refractivity contribution is 6.05. The van der Waals surface area contributed by atoms with E-state index in [2.05, 4.69) is 4.98 Å². The maximum Gasteiger partial charge on any atom is 0.416 e. The van der Waals surface area contributed by atoms with Gasteiger partial charge in [0.15, 0.2) is 11.6 Å². The second-order valence-electron chi connectivity index (χ2n) is 5.68. The summed E-state index contributed by atoms with van der Waals surface area (Å²) in [4.78, 5) is 16.2. The van der Waals surface area contributed by atoms with Crippen molar-refractivity contribution in [1.82, 2.24) is 4.98 Å². The fourth-order valence-corrected chi connectivity index (χ4v) is 2.30. The minimum atomic E-state index is -4.60. The van der Waals surface area contributed by atoms with Crippen molar-refractivity contribution >= 4 is 11.6 Å². The molecule has 0 aliphatic heterocycles. The number of rotatable bonds is 4. The summed E-state index contributed by atoms with van der Waals surface area (Å²) in [5.74, 6) is -5.64. The monoisotopic (exact) mass is 412 g/mol. The second kappa shape index (κ2) is 7.82. The summed E-state index contributed by atoms with van der Waals surface area (Å²) < 4.78 is 83.8. The van der Waals surface area contributed by atoms with E-state index >= 15 is 0 Å². The zero-order valence-corrected chi connectivity index (χ0v) is 14.2. The summed E-state index contributed by atoms with van der Waals surface area (Å²) in [5, 5.41) is 2.04. The molecule has 3 rings (SSSR count). The number of hydrogen-bond donors (Lipinski definition) is 1. The second-order valence-corrected chi connectivity index (χ2v) is 5.68. The number of halogens is 6. The van der Waals surface area contributed by atoms with Crippen LogP contribution < -0.4 is 10.1 Å². The van der Waals surface area contributed by atoms with Gasteiger partial charge in [0, 0.05) is 18.3 Å². The van der Waals surface area contributed by atoms with Crippen LogP contribution in [0.2, 0.25) is 0 Å². The van der Waals surface area contributed by atoms with E-state index in [1.54, 1.807) is 0 Å². The summed E-state index contributed by atoms with van der Waals surface area (Å²) in [6.07, 6.45) is -3.38. The maximum atomic E-state index is 13.7. The number of nitrogens with zero attached hydrogens (tertiary/aromatic N) is 1. The average Bonchev–Trinajstić information content (AvgIpc) is 2.66. The lowest BCUT2D eigenvalue weighted by molar-refractivity contribution is -0.137. The van der Waals surface area contributed by atoms with Crippen LogP contribution in [-0.4, -0.2) is 10.9 Å². The summed E-state index contributed by atoms with van der Waals surface area (Å²) in [5.41, 5.74) is -1.88. The quantitative estimate of drug-likeness (QED) is 0.451. The van der Waals surface area contributed by atoms with Gasteiger partial charge in [0.1, 0.15) is 17.1 Å². The third kappa shape index (κ3) is 4.65. The zero-order chi connectivity index (χ0) is 21.2. The molecule has 0 radical (unpaired) electrons. The van der Waals surface area contributed by atoms with Crippen LogP contribution in [0.4, 0.5) is 32.0 Å². The molecule has 4 nitrogen and oxygen atoms in total. The first-order chi connectivity index (χ1) is 13.6. The number of carbonyl (C=O) groups is 1. The van der Waals surface area contributed by atoms with Gasteiger partial charge in [-0.3, -0.25) is 4.79 Å². The Kier molecular flexibility index (Phi) is 5.44. The Hall–Kier alpha value is -3.56. The molecular formula is C19H10F6N2O2. The number of hydrogen-bond acceptors (Lipinski definition) is 3. The van der Waals surface area contributed by atoms with E-state index in [4.69, 9.17) is 4.74 Å². The van der Waals surface area contributed by atoms with Gasteiger partial charge in [-0.05, 0) is 30.3 Å². The first-order valence-electron chi connectivity index (χ1n) is 7.91. The Morgan fingerprint density at radius 1 is 0.931 bits per heavy atom. The number of pyridine rings is 1. The van der Waals surface area contributed by atoms with Gasteiger partial charge in [0.2, 0.25) is 5.88 Å². The molecule has 0 fully saturated rings. The number of ether oxygens (including phenoxy) is 1. The summed E-state index contributed by atoms with van der Waals surface area (Å²) in [6, 6.07) is 7.13. The van der Waals surface area contributed by atoms with Crippen molar-refractivity contribution in [3.63, 3.8) is 0 Å². The molecule has 0 spiro atoms. The molecule has 0 aliphatic carbocycles. The van der Waals surface area contributed by atoms with E-state index in [0.29, 0.717) is 12.1 Å². The van der Waals surface area contributed by atoms with Gasteiger partial charge in [-0.15, -0.1) is 0 Å². The molecule has 150 valence electrons. The van der Waals surface area contributed by atoms with E-state index in [0.717, 1.165) is 12.1 Å². The Bertz CT molecular complexity index is 1070. The maximum absolute atomic E-state index is 13.7. The lowest BCUT2D eigenvalue weighted by Gasteiger charge is -2.12. The molecule has 1 N–H and O–H groups in total. The van der Waals surface area contributed by atoms with Crippen LogP contribution in [0.15, 0.2) is 54.7 Å². The van der Waals surface area contributed by atoms with E-state index in [9.17, 15) is 31.1 Å². The van der Waals surface area contributed by atoms with Crippen LogP contribution in [0.3, 0.4) is 0 Å². The zero-order valence-electron chi connectivity index (χ0n) is 14.2. The minimum Gasteiger partial charge on any atom is -0.438 e. The lowest BCUT2D eigenvalue weighted by atomic mass is 10.2. The van der Waals surface area contributed by atoms with Crippen molar-refractivity contribution in [2.45, 2.75) is 6.18 Å². The molecule has 3 aromatic rings. The van der Waals surface area contributed by atoms with Crippen LogP contribution in [-0.2, 0) is 6.18 Å². The van der Waals surface area contributed by atoms with Gasteiger partial charge in [-0.2, -0.15) is 13.2 Å². The molecular weight excluding hydrogens is 402 g/mol. The van der Waals surface area contributed by atoms with E-state index in [1.165, 1.54) is 24.4 Å². The van der Waals surface area contributed by atoms with Gasteiger partial charge >= 0.3 is 6.18 Å². The van der Waals surface area contributed by atoms with E-state index < -0.39 is 40.8 Å². The van der Waals surface area contributed by atoms with Crippen molar-refractivity contribution in [1.29, 1.82) is 0 Å². The fourth-order valence-electron chi connectivity index (χ4n) is 2.30. The number of aromatic nitrogens is 1. The predicted octanol–water partition coefficient (Wildman–Crippen LogP) is 5.56. The van der Waals surface area contributed by atoms with E-state index in [1.807, 2.05) is 5.32 Å². The molecule has 0 atom stereocenters. The molecule has 1 aromatic heterocycles. The van der Waals surface area contributed by atoms with Crippen molar-refractivity contribution in [3.8, 4) is 11.6 Å². The predicted molar refractivity (Wildman–Crippen MR) is 90.0 cm³/mol. The Balaban J connectivity index is 1.88. The first-order valence-corrected chi connectivity index (χ1v) is 7.91. The number of alkyl halides is 3. The lowest BCUT2D eigenvalue weighted by Crippen LogP contribution is -2.15. The van der Waals surface area contributed by atoms with E-state index in [-0.39, 0.29) is 23.3 Å². The highest BCUT2D eigenvalue weighted by atomic mass is 19.4. The number of carbonyl (C=O) groups excluding carboxylic acids is 1. The van der Waals surface area contributed by atoms with Gasteiger partial charge in [-0.25, -0.2) is 18.2 Å². The summed E-state index contributed by atoms with van der Waals surface area (Å²) >= 11 is 0. The standard InChI is InChI=1S/C19H10F6N2O2/c20-13-8-15(22)16(9-14(13)21)27-17(28)12-5-2-6-26-18(12)29-11-4-1-3-10(7-11)19(23,24)25/h1-9H,(H,27,28). The first kappa shape index (κ1) is 20.2. The number of nitrogens with one attached hydrogen (secondary N) is 1. The molecule has 0 saturated carbocycles. The SMILES string of the molecule is O=C(Nc1cc(F)c(F)cc1F)c1cccnc1Oc1cccc(C(F)(F)F)c1. The Morgan fingerprint density at radius 2 is 1.66 bits per heavy atom. The van der Waals surface area contributed by atoms with Gasteiger partial charge in [0.05, 0.1) is 11.3 Å². The molecule has 2 aromatic carbocycles. The Morgan fingerprint density at radius 3 is 2.38 bits per heavy atom. The van der Waals surface area contributed by atoms with Crippen LogP contribution in [0.25, 0.3) is 0 Å². The van der Waals surface area contributed by atoms with Crippen molar-refractivity contribution < 1.29 is 35.9 Å². The number of amides is 1. The molecule has 0 unspecified atom stereocenters. The number of benzene rings is 2. The molecule has 29 heavy (non-hydrogen) atoms. The van der Waals surface area contributed by atoms with Crippen LogP contribution in [0, 0.1) is 17.5 Å². The van der Waals surface area contributed by atoms with Crippen LogP contribution >= 0.6 is 0 Å². The molecule has 0 aliphatic rings. The van der Waals surface area contributed by atoms with Crippen LogP contribution in [0.1, 0.15) is 15.9 Å². The summed E-state index contributed by atoms with van der Waals surface area (Å²) in [6.45, 7) is 0. The summed E-state index contributed by atoms with van der Waals surface area (Å²) in [7, 11) is 0. The van der Waals surface area contributed by atoms with Crippen LogP contribution in [0.5, 0.6) is 11.6 Å².